The number of hydrogen-bond donors (Lipinski definition) is 2. The maximum atomic E-state index is 12.2. The third-order valence-electron chi connectivity index (χ3n) is 4.30. The van der Waals surface area contributed by atoms with Crippen molar-refractivity contribution in [2.75, 3.05) is 24.4 Å². The molecule has 0 unspecified atom stereocenters. The van der Waals surface area contributed by atoms with Gasteiger partial charge in [-0.1, -0.05) is 0 Å². The van der Waals surface area contributed by atoms with Gasteiger partial charge in [0, 0.05) is 23.0 Å². The number of ether oxygens (including phenoxy) is 2. The number of methoxy groups -OCH3 is 1. The first-order valence-electron chi connectivity index (χ1n) is 8.81. The van der Waals surface area contributed by atoms with Crippen LogP contribution in [0.5, 0.6) is 5.75 Å². The molecule has 2 aromatic carbocycles. The van der Waals surface area contributed by atoms with E-state index in [1.54, 1.807) is 49.8 Å². The predicted molar refractivity (Wildman–Crippen MR) is 109 cm³/mol. The average molecular weight is 389 g/mol. The van der Waals surface area contributed by atoms with Crippen LogP contribution in [0.1, 0.15) is 18.1 Å². The van der Waals surface area contributed by atoms with Crippen LogP contribution in [-0.2, 0) is 14.3 Å². The molecule has 0 aromatic heterocycles. The third kappa shape index (κ3) is 4.62. The molecule has 0 saturated heterocycles. The summed E-state index contributed by atoms with van der Waals surface area (Å²) >= 11 is 0. The Hall–Kier alpha value is -4.05. The molecular weight excluding hydrogens is 370 g/mol. The van der Waals surface area contributed by atoms with Crippen molar-refractivity contribution in [1.29, 1.82) is 5.26 Å². The molecule has 2 amide bonds. The predicted octanol–water partition coefficient (Wildman–Crippen LogP) is 3.46. The van der Waals surface area contributed by atoms with Crippen LogP contribution < -0.4 is 15.4 Å². The summed E-state index contributed by atoms with van der Waals surface area (Å²) < 4.78 is 10.7. The standard InChI is InChI=1S/C22H19N3O4/c1-14-13-29-10-9-18(14)19-8-7-17(11-20(19)28-2)25-22(27)21(26)24-16-5-3-15(12-23)4-6-16/h3-9,11,13H,10H2,1-2H3,(H,24,26)(H,25,27). The number of carbonyl (C=O) groups excluding carboxylic acids is 2. The summed E-state index contributed by atoms with van der Waals surface area (Å²) in [6, 6.07) is 13.4. The number of allylic oxidation sites excluding steroid dienone is 2. The number of benzene rings is 2. The molecule has 29 heavy (non-hydrogen) atoms. The SMILES string of the molecule is COc1cc(NC(=O)C(=O)Nc2ccc(C#N)cc2)ccc1C1=CCOC=C1C. The van der Waals surface area contributed by atoms with E-state index >= 15 is 0 Å². The Labute approximate surface area is 168 Å². The summed E-state index contributed by atoms with van der Waals surface area (Å²) in [7, 11) is 1.54. The van der Waals surface area contributed by atoms with Gasteiger partial charge in [-0.05, 0) is 60.5 Å². The first kappa shape index (κ1) is 19.7. The second kappa shape index (κ2) is 8.76. The zero-order chi connectivity index (χ0) is 20.8. The first-order chi connectivity index (χ1) is 14.0. The Morgan fingerprint density at radius 3 is 2.34 bits per heavy atom. The molecule has 0 bridgehead atoms. The lowest BCUT2D eigenvalue weighted by Crippen LogP contribution is -2.29. The van der Waals surface area contributed by atoms with Crippen molar-refractivity contribution in [3.63, 3.8) is 0 Å². The van der Waals surface area contributed by atoms with E-state index in [-0.39, 0.29) is 0 Å². The minimum atomic E-state index is -0.816. The van der Waals surface area contributed by atoms with Gasteiger partial charge in [0.2, 0.25) is 0 Å². The van der Waals surface area contributed by atoms with Crippen LogP contribution in [0.25, 0.3) is 5.57 Å². The Morgan fingerprint density at radius 2 is 1.72 bits per heavy atom. The summed E-state index contributed by atoms with van der Waals surface area (Å²) in [6.07, 6.45) is 3.65. The third-order valence-corrected chi connectivity index (χ3v) is 4.30. The summed E-state index contributed by atoms with van der Waals surface area (Å²) in [5.74, 6) is -1.06. The molecule has 1 heterocycles. The minimum absolute atomic E-state index is 0.422. The molecule has 0 saturated carbocycles. The van der Waals surface area contributed by atoms with E-state index in [2.05, 4.69) is 10.6 Å². The Balaban J connectivity index is 1.71. The molecule has 0 radical (unpaired) electrons. The molecule has 7 nitrogen and oxygen atoms in total. The van der Waals surface area contributed by atoms with Crippen LogP contribution in [-0.4, -0.2) is 25.5 Å². The van der Waals surface area contributed by atoms with Crippen molar-refractivity contribution < 1.29 is 19.1 Å². The number of nitrogens with one attached hydrogen (secondary N) is 2. The average Bonchev–Trinajstić information content (AvgIpc) is 2.74. The Morgan fingerprint density at radius 1 is 1.07 bits per heavy atom. The lowest BCUT2D eigenvalue weighted by molar-refractivity contribution is -0.132. The summed E-state index contributed by atoms with van der Waals surface area (Å²) in [5.41, 5.74) is 4.14. The first-order valence-corrected chi connectivity index (χ1v) is 8.81. The molecule has 0 spiro atoms. The molecule has 0 aliphatic carbocycles. The number of hydrogen-bond acceptors (Lipinski definition) is 5. The lowest BCUT2D eigenvalue weighted by atomic mass is 9.97. The van der Waals surface area contributed by atoms with Crippen molar-refractivity contribution in [3.8, 4) is 11.8 Å². The molecule has 2 aromatic rings. The molecule has 7 heteroatoms. The lowest BCUT2D eigenvalue weighted by Gasteiger charge is -2.17. The van der Waals surface area contributed by atoms with Crippen molar-refractivity contribution in [3.05, 3.63) is 71.5 Å². The fraction of sp³-hybridized carbons (Fsp3) is 0.136. The number of nitriles is 1. The van der Waals surface area contributed by atoms with E-state index in [4.69, 9.17) is 14.7 Å². The number of rotatable bonds is 4. The summed E-state index contributed by atoms with van der Waals surface area (Å²) in [5, 5.41) is 13.8. The number of amides is 2. The van der Waals surface area contributed by atoms with Crippen molar-refractivity contribution in [1.82, 2.24) is 0 Å². The van der Waals surface area contributed by atoms with E-state index in [0.717, 1.165) is 16.7 Å². The zero-order valence-corrected chi connectivity index (χ0v) is 16.0. The van der Waals surface area contributed by atoms with Crippen LogP contribution in [0.2, 0.25) is 0 Å². The second-order valence-corrected chi connectivity index (χ2v) is 6.26. The highest BCUT2D eigenvalue weighted by Crippen LogP contribution is 2.34. The molecule has 1 aliphatic heterocycles. The quantitative estimate of drug-likeness (QED) is 0.780. The maximum Gasteiger partial charge on any atom is 0.314 e. The Bertz CT molecular complexity index is 1050. The van der Waals surface area contributed by atoms with Crippen LogP contribution >= 0.6 is 0 Å². The highest BCUT2D eigenvalue weighted by molar-refractivity contribution is 6.43. The topological polar surface area (TPSA) is 100 Å². The fourth-order valence-corrected chi connectivity index (χ4v) is 2.85. The van der Waals surface area contributed by atoms with Gasteiger partial charge in [-0.2, -0.15) is 5.26 Å². The van der Waals surface area contributed by atoms with Crippen LogP contribution in [0.15, 0.2) is 60.4 Å². The Kier molecular flexibility index (Phi) is 5.95. The van der Waals surface area contributed by atoms with Crippen LogP contribution in [0, 0.1) is 11.3 Å². The minimum Gasteiger partial charge on any atom is -0.497 e. The molecule has 2 N–H and O–H groups in total. The summed E-state index contributed by atoms with van der Waals surface area (Å²) in [4.78, 5) is 24.4. The molecule has 146 valence electrons. The largest absolute Gasteiger partial charge is 0.497 e. The van der Waals surface area contributed by atoms with Gasteiger partial charge in [0.25, 0.3) is 0 Å². The smallest absolute Gasteiger partial charge is 0.314 e. The fourth-order valence-electron chi connectivity index (χ4n) is 2.85. The van der Waals surface area contributed by atoms with Gasteiger partial charge in [-0.25, -0.2) is 0 Å². The number of nitrogens with zero attached hydrogens (tertiary/aromatic N) is 1. The van der Waals surface area contributed by atoms with Gasteiger partial charge in [0.05, 0.1) is 25.0 Å². The normalized spacial score (nSPS) is 12.6. The van der Waals surface area contributed by atoms with Gasteiger partial charge in [0.1, 0.15) is 12.4 Å². The van der Waals surface area contributed by atoms with E-state index in [0.29, 0.717) is 29.3 Å². The number of anilines is 2. The van der Waals surface area contributed by atoms with Gasteiger partial charge < -0.3 is 20.1 Å². The molecular formula is C22H19N3O4. The second-order valence-electron chi connectivity index (χ2n) is 6.26. The van der Waals surface area contributed by atoms with E-state index in [9.17, 15) is 9.59 Å². The van der Waals surface area contributed by atoms with E-state index in [1.165, 1.54) is 0 Å². The van der Waals surface area contributed by atoms with Gasteiger partial charge >= 0.3 is 11.8 Å². The van der Waals surface area contributed by atoms with Crippen LogP contribution in [0.4, 0.5) is 11.4 Å². The summed E-state index contributed by atoms with van der Waals surface area (Å²) in [6.45, 7) is 2.41. The molecule has 0 atom stereocenters. The van der Waals surface area contributed by atoms with Crippen molar-refractivity contribution >= 4 is 28.8 Å². The van der Waals surface area contributed by atoms with E-state index < -0.39 is 11.8 Å². The van der Waals surface area contributed by atoms with Gasteiger partial charge in [-0.3, -0.25) is 9.59 Å². The molecule has 3 rings (SSSR count). The molecule has 0 fully saturated rings. The number of carbonyl (C=O) groups is 2. The van der Waals surface area contributed by atoms with E-state index in [1.807, 2.05) is 25.1 Å². The zero-order valence-electron chi connectivity index (χ0n) is 16.0. The van der Waals surface area contributed by atoms with Gasteiger partial charge in [0.15, 0.2) is 0 Å². The van der Waals surface area contributed by atoms with Gasteiger partial charge in [-0.15, -0.1) is 0 Å². The van der Waals surface area contributed by atoms with Crippen LogP contribution in [0.3, 0.4) is 0 Å². The highest BCUT2D eigenvalue weighted by Gasteiger charge is 2.17. The van der Waals surface area contributed by atoms with Crippen molar-refractivity contribution in [2.45, 2.75) is 6.92 Å². The maximum absolute atomic E-state index is 12.2. The monoisotopic (exact) mass is 389 g/mol. The van der Waals surface area contributed by atoms with Crippen molar-refractivity contribution in [2.24, 2.45) is 0 Å². The highest BCUT2D eigenvalue weighted by atomic mass is 16.5. The molecule has 1 aliphatic rings.